The molecule has 1 atom stereocenters. The average Bonchev–Trinajstić information content (AvgIpc) is 3.04. The van der Waals surface area contributed by atoms with Gasteiger partial charge in [-0.1, -0.05) is 53.7 Å². The van der Waals surface area contributed by atoms with Crippen molar-refractivity contribution in [3.63, 3.8) is 0 Å². The first-order valence-electron chi connectivity index (χ1n) is 7.51. The summed E-state index contributed by atoms with van der Waals surface area (Å²) in [6.45, 7) is 0. The van der Waals surface area contributed by atoms with E-state index in [1.54, 1.807) is 6.26 Å². The second-order valence-corrected chi connectivity index (χ2v) is 5.61. The average molecular weight is 275 g/mol. The molecule has 0 saturated carbocycles. The van der Waals surface area contributed by atoms with Crippen LogP contribution < -0.4 is 0 Å². The molecule has 0 saturated heterocycles. The number of benzene rings is 2. The first-order chi connectivity index (χ1) is 10.4. The summed E-state index contributed by atoms with van der Waals surface area (Å²) in [4.78, 5) is 0. The summed E-state index contributed by atoms with van der Waals surface area (Å²) in [6, 6.07) is 19.5. The van der Waals surface area contributed by atoms with E-state index in [-0.39, 0.29) is 0 Å². The van der Waals surface area contributed by atoms with Crippen molar-refractivity contribution in [3.8, 4) is 11.1 Å². The maximum Gasteiger partial charge on any atom is 0.124 e. The predicted octanol–water partition coefficient (Wildman–Crippen LogP) is 4.81. The van der Waals surface area contributed by atoms with Gasteiger partial charge in [-0.3, -0.25) is 0 Å². The number of hydrogen-bond acceptors (Lipinski definition) is 2. The fourth-order valence-corrected chi connectivity index (χ4v) is 3.41. The Hall–Kier alpha value is -2.35. The van der Waals surface area contributed by atoms with Crippen molar-refractivity contribution in [3.05, 3.63) is 77.7 Å². The highest BCUT2D eigenvalue weighted by molar-refractivity contribution is 5.72. The molecule has 0 fully saturated rings. The van der Waals surface area contributed by atoms with Crippen LogP contribution in [-0.2, 0) is 6.42 Å². The fraction of sp³-hybridized carbons (Fsp3) is 0.211. The van der Waals surface area contributed by atoms with Gasteiger partial charge in [0.2, 0.25) is 0 Å². The molecule has 0 radical (unpaired) electrons. The lowest BCUT2D eigenvalue weighted by atomic mass is 9.81. The molecule has 0 bridgehead atoms. The molecule has 1 heterocycles. The Morgan fingerprint density at radius 2 is 1.71 bits per heavy atom. The van der Waals surface area contributed by atoms with E-state index in [0.717, 1.165) is 18.5 Å². The topological polar surface area (TPSA) is 26.0 Å². The van der Waals surface area contributed by atoms with Gasteiger partial charge in [-0.05, 0) is 41.5 Å². The Balaban J connectivity index is 1.93. The van der Waals surface area contributed by atoms with Gasteiger partial charge < -0.3 is 4.52 Å². The highest BCUT2D eigenvalue weighted by Gasteiger charge is 2.23. The quantitative estimate of drug-likeness (QED) is 0.637. The van der Waals surface area contributed by atoms with Crippen molar-refractivity contribution < 1.29 is 4.52 Å². The SMILES string of the molecule is c1ccc2c(c1)CCCC(c1ccon1)c1ccccc1-2. The third kappa shape index (κ3) is 2.17. The molecule has 1 aromatic heterocycles. The molecule has 0 aliphatic heterocycles. The lowest BCUT2D eigenvalue weighted by molar-refractivity contribution is 0.406. The lowest BCUT2D eigenvalue weighted by Gasteiger charge is -2.23. The Labute approximate surface area is 124 Å². The van der Waals surface area contributed by atoms with Crippen molar-refractivity contribution in [2.24, 2.45) is 0 Å². The zero-order valence-electron chi connectivity index (χ0n) is 11.8. The summed E-state index contributed by atoms with van der Waals surface area (Å²) in [5.74, 6) is 0.327. The van der Waals surface area contributed by atoms with Crippen molar-refractivity contribution >= 4 is 0 Å². The maximum absolute atomic E-state index is 5.07. The highest BCUT2D eigenvalue weighted by Crippen LogP contribution is 2.39. The van der Waals surface area contributed by atoms with Crippen LogP contribution in [0.4, 0.5) is 0 Å². The van der Waals surface area contributed by atoms with Crippen LogP contribution in [-0.4, -0.2) is 5.16 Å². The zero-order chi connectivity index (χ0) is 14.1. The maximum atomic E-state index is 5.07. The van der Waals surface area contributed by atoms with Crippen LogP contribution >= 0.6 is 0 Å². The summed E-state index contributed by atoms with van der Waals surface area (Å²) in [5.41, 5.74) is 6.55. The molecule has 2 aromatic carbocycles. The molecule has 104 valence electrons. The molecule has 4 rings (SSSR count). The van der Waals surface area contributed by atoms with Crippen LogP contribution in [0.2, 0.25) is 0 Å². The van der Waals surface area contributed by atoms with Gasteiger partial charge in [-0.2, -0.15) is 0 Å². The van der Waals surface area contributed by atoms with Crippen molar-refractivity contribution in [1.82, 2.24) is 5.16 Å². The van der Waals surface area contributed by atoms with E-state index in [0.29, 0.717) is 5.92 Å². The molecule has 1 unspecified atom stereocenters. The summed E-state index contributed by atoms with van der Waals surface area (Å²) >= 11 is 0. The number of hydrogen-bond donors (Lipinski definition) is 0. The first-order valence-corrected chi connectivity index (χ1v) is 7.51. The Morgan fingerprint density at radius 1 is 0.905 bits per heavy atom. The lowest BCUT2D eigenvalue weighted by Crippen LogP contribution is -2.08. The van der Waals surface area contributed by atoms with Crippen molar-refractivity contribution in [2.45, 2.75) is 25.2 Å². The summed E-state index contributed by atoms with van der Waals surface area (Å²) in [7, 11) is 0. The molecule has 2 nitrogen and oxygen atoms in total. The minimum atomic E-state index is 0.327. The van der Waals surface area contributed by atoms with E-state index >= 15 is 0 Å². The van der Waals surface area contributed by atoms with E-state index in [1.165, 1.54) is 28.7 Å². The zero-order valence-corrected chi connectivity index (χ0v) is 11.8. The molecule has 1 aliphatic carbocycles. The largest absolute Gasteiger partial charge is 0.364 e. The third-order valence-corrected chi connectivity index (χ3v) is 4.40. The Morgan fingerprint density at radius 3 is 2.57 bits per heavy atom. The normalized spacial score (nSPS) is 17.4. The van der Waals surface area contributed by atoms with Crippen LogP contribution in [0.3, 0.4) is 0 Å². The number of rotatable bonds is 1. The third-order valence-electron chi connectivity index (χ3n) is 4.40. The molecule has 21 heavy (non-hydrogen) atoms. The minimum Gasteiger partial charge on any atom is -0.364 e. The molecule has 3 aromatic rings. The van der Waals surface area contributed by atoms with Crippen LogP contribution in [0.15, 0.2) is 65.4 Å². The van der Waals surface area contributed by atoms with Gasteiger partial charge in [0, 0.05) is 12.0 Å². The van der Waals surface area contributed by atoms with Crippen molar-refractivity contribution in [2.75, 3.05) is 0 Å². The molecule has 1 aliphatic rings. The predicted molar refractivity (Wildman–Crippen MR) is 83.2 cm³/mol. The van der Waals surface area contributed by atoms with Crippen molar-refractivity contribution in [1.29, 1.82) is 0 Å². The second-order valence-electron chi connectivity index (χ2n) is 5.61. The summed E-state index contributed by atoms with van der Waals surface area (Å²) in [6.07, 6.45) is 5.07. The van der Waals surface area contributed by atoms with Gasteiger partial charge in [-0.25, -0.2) is 0 Å². The van der Waals surface area contributed by atoms with E-state index in [4.69, 9.17) is 4.52 Å². The summed E-state index contributed by atoms with van der Waals surface area (Å²) < 4.78 is 5.07. The molecular weight excluding hydrogens is 258 g/mol. The highest BCUT2D eigenvalue weighted by atomic mass is 16.5. The number of aryl methyl sites for hydroxylation is 1. The van der Waals surface area contributed by atoms with Gasteiger partial charge in [-0.15, -0.1) is 0 Å². The number of aromatic nitrogens is 1. The molecule has 0 spiro atoms. The van der Waals surface area contributed by atoms with Crippen LogP contribution in [0, 0.1) is 0 Å². The van der Waals surface area contributed by atoms with Crippen LogP contribution in [0.1, 0.15) is 35.6 Å². The molecule has 0 amide bonds. The smallest absolute Gasteiger partial charge is 0.124 e. The molecule has 2 heteroatoms. The van der Waals surface area contributed by atoms with E-state index in [9.17, 15) is 0 Å². The van der Waals surface area contributed by atoms with Crippen LogP contribution in [0.5, 0.6) is 0 Å². The van der Waals surface area contributed by atoms with Crippen LogP contribution in [0.25, 0.3) is 11.1 Å². The number of nitrogens with zero attached hydrogens (tertiary/aromatic N) is 1. The van der Waals surface area contributed by atoms with E-state index < -0.39 is 0 Å². The number of fused-ring (bicyclic) bond motifs is 3. The summed E-state index contributed by atoms with van der Waals surface area (Å²) in [5, 5.41) is 4.19. The molecular formula is C19H17NO. The van der Waals surface area contributed by atoms with Gasteiger partial charge in [0.05, 0.1) is 5.69 Å². The van der Waals surface area contributed by atoms with Gasteiger partial charge in [0.1, 0.15) is 6.26 Å². The minimum absolute atomic E-state index is 0.327. The second kappa shape index (κ2) is 5.21. The fourth-order valence-electron chi connectivity index (χ4n) is 3.41. The van der Waals surface area contributed by atoms with E-state index in [2.05, 4.69) is 53.7 Å². The Kier molecular flexibility index (Phi) is 3.07. The van der Waals surface area contributed by atoms with Gasteiger partial charge in [0.25, 0.3) is 0 Å². The first kappa shape index (κ1) is 12.4. The van der Waals surface area contributed by atoms with Gasteiger partial charge >= 0.3 is 0 Å². The standard InChI is InChI=1S/C19H17NO/c1-2-8-15-14(6-1)7-5-11-18(19-12-13-21-20-19)17-10-4-3-9-16(15)17/h1-4,6,8-10,12-13,18H,5,7,11H2. The van der Waals surface area contributed by atoms with Gasteiger partial charge in [0.15, 0.2) is 0 Å². The van der Waals surface area contributed by atoms with E-state index in [1.807, 2.05) is 6.07 Å². The Bertz CT molecular complexity index is 746. The monoisotopic (exact) mass is 275 g/mol. The molecule has 0 N–H and O–H groups in total.